The van der Waals surface area contributed by atoms with E-state index in [1.165, 1.54) is 0 Å². The highest BCUT2D eigenvalue weighted by Gasteiger charge is 2.21. The SMILES string of the molecule is CCn1cc(C(=O)OC(C)C(=O)NCc2ccc(Cl)cc2)c2ccccc21. The van der Waals surface area contributed by atoms with Gasteiger partial charge in [-0.2, -0.15) is 0 Å². The van der Waals surface area contributed by atoms with Crippen LogP contribution in [-0.2, 0) is 22.6 Å². The number of amides is 1. The molecular formula is C21H21ClN2O3. The van der Waals surface area contributed by atoms with Crippen LogP contribution in [0.15, 0.2) is 54.7 Å². The second-order valence-electron chi connectivity index (χ2n) is 6.24. The molecule has 0 aliphatic rings. The number of rotatable bonds is 6. The Kier molecular flexibility index (Phi) is 5.81. The van der Waals surface area contributed by atoms with Crippen LogP contribution in [-0.4, -0.2) is 22.5 Å². The number of fused-ring (bicyclic) bond motifs is 1. The normalized spacial score (nSPS) is 12.0. The van der Waals surface area contributed by atoms with Crippen LogP contribution in [0.3, 0.4) is 0 Å². The zero-order chi connectivity index (χ0) is 19.4. The van der Waals surface area contributed by atoms with Gasteiger partial charge in [0.2, 0.25) is 0 Å². The molecule has 0 aliphatic carbocycles. The van der Waals surface area contributed by atoms with Gasteiger partial charge in [-0.05, 0) is 37.6 Å². The summed E-state index contributed by atoms with van der Waals surface area (Å²) in [6, 6.07) is 14.8. The van der Waals surface area contributed by atoms with E-state index in [9.17, 15) is 9.59 Å². The lowest BCUT2D eigenvalue weighted by Crippen LogP contribution is -2.35. The molecule has 1 amide bonds. The topological polar surface area (TPSA) is 60.3 Å². The van der Waals surface area contributed by atoms with E-state index in [0.29, 0.717) is 17.1 Å². The lowest BCUT2D eigenvalue weighted by atomic mass is 10.2. The molecule has 0 saturated heterocycles. The molecule has 5 nitrogen and oxygen atoms in total. The number of hydrogen-bond donors (Lipinski definition) is 1. The third kappa shape index (κ3) is 4.31. The quantitative estimate of drug-likeness (QED) is 0.648. The molecule has 1 heterocycles. The summed E-state index contributed by atoms with van der Waals surface area (Å²) in [5.74, 6) is -0.856. The van der Waals surface area contributed by atoms with Crippen LogP contribution in [0, 0.1) is 0 Å². The number of nitrogens with zero attached hydrogens (tertiary/aromatic N) is 1. The maximum absolute atomic E-state index is 12.6. The molecular weight excluding hydrogens is 364 g/mol. The van der Waals surface area contributed by atoms with Gasteiger partial charge in [0.15, 0.2) is 6.10 Å². The molecule has 0 spiro atoms. The fraction of sp³-hybridized carbons (Fsp3) is 0.238. The molecule has 1 unspecified atom stereocenters. The van der Waals surface area contributed by atoms with Crippen molar-refractivity contribution in [1.82, 2.24) is 9.88 Å². The maximum atomic E-state index is 12.6. The maximum Gasteiger partial charge on any atom is 0.341 e. The van der Waals surface area contributed by atoms with Crippen LogP contribution < -0.4 is 5.32 Å². The lowest BCUT2D eigenvalue weighted by Gasteiger charge is -2.13. The number of ether oxygens (including phenoxy) is 1. The van der Waals surface area contributed by atoms with Crippen LogP contribution >= 0.6 is 11.6 Å². The number of para-hydroxylation sites is 1. The van der Waals surface area contributed by atoms with Crippen molar-refractivity contribution in [1.29, 1.82) is 0 Å². The summed E-state index contributed by atoms with van der Waals surface area (Å²) in [5, 5.41) is 4.22. The van der Waals surface area contributed by atoms with Crippen LogP contribution in [0.4, 0.5) is 0 Å². The summed E-state index contributed by atoms with van der Waals surface area (Å²) in [4.78, 5) is 24.8. The van der Waals surface area contributed by atoms with Gasteiger partial charge in [0, 0.05) is 35.2 Å². The minimum Gasteiger partial charge on any atom is -0.449 e. The van der Waals surface area contributed by atoms with Crippen molar-refractivity contribution in [2.75, 3.05) is 0 Å². The van der Waals surface area contributed by atoms with E-state index in [2.05, 4.69) is 5.32 Å². The van der Waals surface area contributed by atoms with Gasteiger partial charge < -0.3 is 14.6 Å². The highest BCUT2D eigenvalue weighted by molar-refractivity contribution is 6.30. The van der Waals surface area contributed by atoms with Gasteiger partial charge in [-0.25, -0.2) is 4.79 Å². The first-order valence-corrected chi connectivity index (χ1v) is 9.18. The zero-order valence-corrected chi connectivity index (χ0v) is 16.0. The zero-order valence-electron chi connectivity index (χ0n) is 15.2. The molecule has 3 rings (SSSR count). The molecule has 1 aromatic heterocycles. The van der Waals surface area contributed by atoms with Gasteiger partial charge in [0.1, 0.15) is 0 Å². The van der Waals surface area contributed by atoms with Gasteiger partial charge >= 0.3 is 5.97 Å². The smallest absolute Gasteiger partial charge is 0.341 e. The average Bonchev–Trinajstić information content (AvgIpc) is 3.06. The van der Waals surface area contributed by atoms with Crippen LogP contribution in [0.5, 0.6) is 0 Å². The molecule has 0 aliphatic heterocycles. The molecule has 27 heavy (non-hydrogen) atoms. The Morgan fingerprint density at radius 3 is 2.56 bits per heavy atom. The van der Waals surface area contributed by atoms with Crippen LogP contribution in [0.25, 0.3) is 10.9 Å². The van der Waals surface area contributed by atoms with Crippen molar-refractivity contribution < 1.29 is 14.3 Å². The highest BCUT2D eigenvalue weighted by atomic mass is 35.5. The van der Waals surface area contributed by atoms with Crippen molar-refractivity contribution in [3.8, 4) is 0 Å². The largest absolute Gasteiger partial charge is 0.449 e. The molecule has 0 radical (unpaired) electrons. The monoisotopic (exact) mass is 384 g/mol. The minimum atomic E-state index is -0.895. The fourth-order valence-electron chi connectivity index (χ4n) is 2.88. The number of halogens is 1. The summed E-state index contributed by atoms with van der Waals surface area (Å²) in [5.41, 5.74) is 2.34. The molecule has 6 heteroatoms. The minimum absolute atomic E-state index is 0.340. The van der Waals surface area contributed by atoms with Crippen molar-refractivity contribution >= 4 is 34.4 Å². The second-order valence-corrected chi connectivity index (χ2v) is 6.67. The summed E-state index contributed by atoms with van der Waals surface area (Å²) in [7, 11) is 0. The Balaban J connectivity index is 1.65. The van der Waals surface area contributed by atoms with Crippen molar-refractivity contribution in [3.63, 3.8) is 0 Å². The van der Waals surface area contributed by atoms with Crippen LogP contribution in [0.2, 0.25) is 5.02 Å². The summed E-state index contributed by atoms with van der Waals surface area (Å²) in [6.07, 6.45) is 0.874. The van der Waals surface area contributed by atoms with Gasteiger partial charge in [0.05, 0.1) is 5.56 Å². The molecule has 3 aromatic rings. The van der Waals surface area contributed by atoms with E-state index < -0.39 is 12.1 Å². The first-order valence-electron chi connectivity index (χ1n) is 8.80. The molecule has 0 fully saturated rings. The number of nitrogens with one attached hydrogen (secondary N) is 1. The predicted molar refractivity (Wildman–Crippen MR) is 106 cm³/mol. The van der Waals surface area contributed by atoms with Gasteiger partial charge in [-0.3, -0.25) is 4.79 Å². The first-order chi connectivity index (χ1) is 13.0. The fourth-order valence-corrected chi connectivity index (χ4v) is 3.01. The van der Waals surface area contributed by atoms with Crippen molar-refractivity contribution in [2.45, 2.75) is 33.0 Å². The summed E-state index contributed by atoms with van der Waals surface area (Å²) in [6.45, 7) is 4.65. The number of carbonyl (C=O) groups excluding carboxylic acids is 2. The number of hydrogen-bond acceptors (Lipinski definition) is 3. The van der Waals surface area contributed by atoms with Gasteiger partial charge in [-0.1, -0.05) is 41.9 Å². The Hall–Kier alpha value is -2.79. The Morgan fingerprint density at radius 1 is 1.15 bits per heavy atom. The van der Waals surface area contributed by atoms with Gasteiger partial charge in [-0.15, -0.1) is 0 Å². The van der Waals surface area contributed by atoms with Crippen molar-refractivity contribution in [3.05, 3.63) is 70.9 Å². The Morgan fingerprint density at radius 2 is 1.85 bits per heavy atom. The number of benzene rings is 2. The Labute approximate surface area is 162 Å². The number of aromatic nitrogens is 1. The molecule has 2 aromatic carbocycles. The average molecular weight is 385 g/mol. The van der Waals surface area contributed by atoms with E-state index >= 15 is 0 Å². The number of esters is 1. The molecule has 140 valence electrons. The standard InChI is InChI=1S/C21H21ClN2O3/c1-3-24-13-18(17-6-4-5-7-19(17)24)21(26)27-14(2)20(25)23-12-15-8-10-16(22)11-9-15/h4-11,13-14H,3,12H2,1-2H3,(H,23,25). The molecule has 0 saturated carbocycles. The predicted octanol–water partition coefficient (Wildman–Crippen LogP) is 4.18. The van der Waals surface area contributed by atoms with E-state index in [4.69, 9.17) is 16.3 Å². The molecule has 0 bridgehead atoms. The molecule has 1 N–H and O–H groups in total. The summed E-state index contributed by atoms with van der Waals surface area (Å²) >= 11 is 5.85. The van der Waals surface area contributed by atoms with Crippen molar-refractivity contribution in [2.24, 2.45) is 0 Å². The van der Waals surface area contributed by atoms with E-state index in [0.717, 1.165) is 23.0 Å². The first kappa shape index (κ1) is 19.0. The summed E-state index contributed by atoms with van der Waals surface area (Å²) < 4.78 is 7.37. The lowest BCUT2D eigenvalue weighted by molar-refractivity contribution is -0.129. The highest BCUT2D eigenvalue weighted by Crippen LogP contribution is 2.22. The van der Waals surface area contributed by atoms with E-state index in [1.54, 1.807) is 25.3 Å². The Bertz CT molecular complexity index is 963. The second kappa shape index (κ2) is 8.27. The van der Waals surface area contributed by atoms with Gasteiger partial charge in [0.25, 0.3) is 5.91 Å². The van der Waals surface area contributed by atoms with Crippen LogP contribution in [0.1, 0.15) is 29.8 Å². The van der Waals surface area contributed by atoms with E-state index in [-0.39, 0.29) is 5.91 Å². The number of carbonyl (C=O) groups is 2. The number of aryl methyl sites for hydroxylation is 1. The third-order valence-corrected chi connectivity index (χ3v) is 4.63. The molecule has 1 atom stereocenters. The van der Waals surface area contributed by atoms with E-state index in [1.807, 2.05) is 47.9 Å². The third-order valence-electron chi connectivity index (χ3n) is 4.38.